The Kier molecular flexibility index (Phi) is 4.74. The van der Waals surface area contributed by atoms with Gasteiger partial charge in [-0.15, -0.1) is 0 Å². The molecule has 27 heavy (non-hydrogen) atoms. The van der Waals surface area contributed by atoms with E-state index in [4.69, 9.17) is 9.72 Å². The lowest BCUT2D eigenvalue weighted by molar-refractivity contribution is -0.120. The van der Waals surface area contributed by atoms with E-state index in [-0.39, 0.29) is 11.8 Å². The Morgan fingerprint density at radius 3 is 2.74 bits per heavy atom. The summed E-state index contributed by atoms with van der Waals surface area (Å²) in [6, 6.07) is 14.0. The van der Waals surface area contributed by atoms with Gasteiger partial charge >= 0.3 is 0 Å². The van der Waals surface area contributed by atoms with Crippen molar-refractivity contribution >= 4 is 38.3 Å². The minimum absolute atomic E-state index is 0.0147. The highest BCUT2D eigenvalue weighted by atomic mass is 32.1. The van der Waals surface area contributed by atoms with Crippen molar-refractivity contribution in [2.75, 3.05) is 30.4 Å². The maximum absolute atomic E-state index is 12.6. The third-order valence-electron chi connectivity index (χ3n) is 4.95. The number of benzene rings is 2. The number of hydrogen-bond donors (Lipinski definition) is 1. The van der Waals surface area contributed by atoms with Gasteiger partial charge in [0.15, 0.2) is 5.13 Å². The first kappa shape index (κ1) is 17.8. The predicted octanol–water partition coefficient (Wildman–Crippen LogP) is 4.50. The summed E-state index contributed by atoms with van der Waals surface area (Å²) in [6.07, 6.45) is 0. The number of carbonyl (C=O) groups excluding carboxylic acids is 1. The van der Waals surface area contributed by atoms with Crippen LogP contribution in [0.25, 0.3) is 10.2 Å². The summed E-state index contributed by atoms with van der Waals surface area (Å²) in [4.78, 5) is 19.5. The number of hydrogen-bond acceptors (Lipinski definition) is 5. The molecule has 0 atom stereocenters. The zero-order valence-electron chi connectivity index (χ0n) is 15.7. The van der Waals surface area contributed by atoms with Gasteiger partial charge in [-0.05, 0) is 29.7 Å². The van der Waals surface area contributed by atoms with Gasteiger partial charge in [0, 0.05) is 18.8 Å². The van der Waals surface area contributed by atoms with Crippen LogP contribution in [-0.2, 0) is 4.79 Å². The molecule has 0 bridgehead atoms. The Morgan fingerprint density at radius 2 is 2.00 bits per heavy atom. The molecule has 0 unspecified atom stereocenters. The van der Waals surface area contributed by atoms with Gasteiger partial charge in [0.05, 0.1) is 17.7 Å². The summed E-state index contributed by atoms with van der Waals surface area (Å²) in [7, 11) is 1.66. The van der Waals surface area contributed by atoms with Crippen molar-refractivity contribution in [1.82, 2.24) is 4.98 Å². The molecular weight excluding hydrogens is 358 g/mol. The molecule has 0 aliphatic carbocycles. The van der Waals surface area contributed by atoms with Crippen molar-refractivity contribution in [3.8, 4) is 5.75 Å². The van der Waals surface area contributed by atoms with Crippen molar-refractivity contribution in [3.05, 3.63) is 48.0 Å². The van der Waals surface area contributed by atoms with Crippen LogP contribution in [-0.4, -0.2) is 31.1 Å². The number of anilines is 2. The van der Waals surface area contributed by atoms with Gasteiger partial charge in [-0.3, -0.25) is 4.79 Å². The van der Waals surface area contributed by atoms with Crippen LogP contribution in [0.3, 0.4) is 0 Å². The highest BCUT2D eigenvalue weighted by Gasteiger charge is 2.34. The van der Waals surface area contributed by atoms with Crippen LogP contribution in [0, 0.1) is 5.92 Å². The Morgan fingerprint density at radius 1 is 1.22 bits per heavy atom. The van der Waals surface area contributed by atoms with Gasteiger partial charge in [0.2, 0.25) is 5.91 Å². The smallest absolute Gasteiger partial charge is 0.231 e. The van der Waals surface area contributed by atoms with E-state index in [0.29, 0.717) is 19.0 Å². The molecule has 5 nitrogen and oxygen atoms in total. The number of aromatic nitrogens is 1. The van der Waals surface area contributed by atoms with Crippen molar-refractivity contribution < 1.29 is 9.53 Å². The van der Waals surface area contributed by atoms with Gasteiger partial charge in [-0.1, -0.05) is 49.4 Å². The van der Waals surface area contributed by atoms with Crippen LogP contribution < -0.4 is 15.0 Å². The highest BCUT2D eigenvalue weighted by molar-refractivity contribution is 7.22. The van der Waals surface area contributed by atoms with E-state index in [1.54, 1.807) is 18.4 Å². The zero-order chi connectivity index (χ0) is 19.0. The number of carbonyl (C=O) groups is 1. The Labute approximate surface area is 163 Å². The third-order valence-corrected chi connectivity index (χ3v) is 6.04. The summed E-state index contributed by atoms with van der Waals surface area (Å²) < 4.78 is 6.49. The minimum atomic E-state index is -0.0147. The van der Waals surface area contributed by atoms with Gasteiger partial charge in [-0.25, -0.2) is 4.98 Å². The second-order valence-corrected chi connectivity index (χ2v) is 8.15. The summed E-state index contributed by atoms with van der Waals surface area (Å²) in [5, 5.41) is 4.05. The number of thiazole rings is 1. The van der Waals surface area contributed by atoms with E-state index in [1.807, 2.05) is 36.4 Å². The van der Waals surface area contributed by atoms with Crippen LogP contribution in [0.1, 0.15) is 25.3 Å². The van der Waals surface area contributed by atoms with Crippen LogP contribution in [0.5, 0.6) is 5.75 Å². The van der Waals surface area contributed by atoms with Crippen LogP contribution in [0.4, 0.5) is 10.8 Å². The molecule has 1 aliphatic rings. The predicted molar refractivity (Wildman–Crippen MR) is 111 cm³/mol. The monoisotopic (exact) mass is 381 g/mol. The number of methoxy groups -OCH3 is 1. The number of rotatable bonds is 5. The summed E-state index contributed by atoms with van der Waals surface area (Å²) in [6.45, 7) is 5.66. The summed E-state index contributed by atoms with van der Waals surface area (Å²) in [5.41, 5.74) is 2.97. The molecular formula is C21H23N3O2S. The molecule has 0 spiro atoms. The molecule has 1 aromatic heterocycles. The van der Waals surface area contributed by atoms with Crippen LogP contribution >= 0.6 is 11.3 Å². The second kappa shape index (κ2) is 7.19. The van der Waals surface area contributed by atoms with E-state index >= 15 is 0 Å². The van der Waals surface area contributed by atoms with E-state index in [1.165, 1.54) is 5.56 Å². The Balaban J connectivity index is 1.43. The molecule has 1 amide bonds. The molecule has 6 heteroatoms. The maximum atomic E-state index is 12.6. The van der Waals surface area contributed by atoms with E-state index in [9.17, 15) is 4.79 Å². The first-order valence-electron chi connectivity index (χ1n) is 9.15. The van der Waals surface area contributed by atoms with Crippen molar-refractivity contribution in [3.63, 3.8) is 0 Å². The number of fused-ring (bicyclic) bond motifs is 1. The average Bonchev–Trinajstić information content (AvgIpc) is 3.04. The molecule has 0 radical (unpaired) electrons. The molecule has 0 saturated carbocycles. The lowest BCUT2D eigenvalue weighted by atomic mass is 9.98. The fourth-order valence-electron chi connectivity index (χ4n) is 3.36. The number of nitrogens with one attached hydrogen (secondary N) is 1. The van der Waals surface area contributed by atoms with Crippen molar-refractivity contribution in [1.29, 1.82) is 0 Å². The van der Waals surface area contributed by atoms with E-state index in [2.05, 4.69) is 30.1 Å². The standard InChI is InChI=1S/C21H23N3O2S/c1-13(2)15-7-4-5-8-16(15)22-20(25)14-11-24(12-14)21-23-19-17(26-3)9-6-10-18(19)27-21/h4-10,13-14H,11-12H2,1-3H3,(H,22,25). The third kappa shape index (κ3) is 3.37. The number of nitrogens with zero attached hydrogens (tertiary/aromatic N) is 2. The van der Waals surface area contributed by atoms with Gasteiger partial charge in [-0.2, -0.15) is 0 Å². The average molecular weight is 382 g/mol. The fraction of sp³-hybridized carbons (Fsp3) is 0.333. The Bertz CT molecular complexity index is 976. The molecule has 1 aliphatic heterocycles. The molecule has 1 N–H and O–H groups in total. The molecule has 1 fully saturated rings. The van der Waals surface area contributed by atoms with Crippen molar-refractivity contribution in [2.45, 2.75) is 19.8 Å². The van der Waals surface area contributed by atoms with Crippen molar-refractivity contribution in [2.24, 2.45) is 5.92 Å². The highest BCUT2D eigenvalue weighted by Crippen LogP contribution is 2.36. The van der Waals surface area contributed by atoms with E-state index < -0.39 is 0 Å². The number of para-hydroxylation sites is 2. The number of amides is 1. The van der Waals surface area contributed by atoms with Gasteiger partial charge < -0.3 is 15.0 Å². The lowest BCUT2D eigenvalue weighted by Crippen LogP contribution is -2.52. The summed E-state index contributed by atoms with van der Waals surface area (Å²) in [5.74, 6) is 1.23. The normalized spacial score (nSPS) is 14.4. The second-order valence-electron chi connectivity index (χ2n) is 7.14. The first-order chi connectivity index (χ1) is 13.1. The molecule has 4 rings (SSSR count). The Hall–Kier alpha value is -2.60. The van der Waals surface area contributed by atoms with E-state index in [0.717, 1.165) is 26.8 Å². The largest absolute Gasteiger partial charge is 0.494 e. The molecule has 1 saturated heterocycles. The number of ether oxygens (including phenoxy) is 1. The minimum Gasteiger partial charge on any atom is -0.494 e. The lowest BCUT2D eigenvalue weighted by Gasteiger charge is -2.38. The molecule has 2 aromatic carbocycles. The zero-order valence-corrected chi connectivity index (χ0v) is 16.5. The molecule has 140 valence electrons. The quantitative estimate of drug-likeness (QED) is 0.707. The SMILES string of the molecule is COc1cccc2sc(N3CC(C(=O)Nc4ccccc4C(C)C)C3)nc12. The van der Waals surface area contributed by atoms with Gasteiger partial charge in [0.25, 0.3) is 0 Å². The molecule has 3 aromatic rings. The topological polar surface area (TPSA) is 54.5 Å². The van der Waals surface area contributed by atoms with Crippen LogP contribution in [0.2, 0.25) is 0 Å². The fourth-order valence-corrected chi connectivity index (χ4v) is 4.36. The molecule has 2 heterocycles. The van der Waals surface area contributed by atoms with Gasteiger partial charge in [0.1, 0.15) is 11.3 Å². The van der Waals surface area contributed by atoms with Crippen LogP contribution in [0.15, 0.2) is 42.5 Å². The maximum Gasteiger partial charge on any atom is 0.231 e. The first-order valence-corrected chi connectivity index (χ1v) is 9.96. The summed E-state index contributed by atoms with van der Waals surface area (Å²) >= 11 is 1.64.